The van der Waals surface area contributed by atoms with E-state index in [1.54, 1.807) is 0 Å². The van der Waals surface area contributed by atoms with E-state index in [0.29, 0.717) is 6.42 Å². The molecule has 0 aliphatic heterocycles. The number of Topliss-reactive ketones (excluding diaryl/α,β-unsaturated/α-hetero) is 1. The molecule has 0 rings (SSSR count). The molecule has 0 aliphatic rings. The van der Waals surface area contributed by atoms with Gasteiger partial charge < -0.3 is 4.74 Å². The minimum absolute atomic E-state index is 0.199. The predicted molar refractivity (Wildman–Crippen MR) is 77.9 cm³/mol. The average molecular weight is 256 g/mol. The third kappa shape index (κ3) is 13.7. The summed E-state index contributed by atoms with van der Waals surface area (Å²) in [6, 6.07) is 0. The van der Waals surface area contributed by atoms with E-state index in [0.717, 1.165) is 6.42 Å². The predicted octanol–water partition coefficient (Wildman–Crippen LogP) is 4.90. The lowest BCUT2D eigenvalue weighted by Gasteiger charge is -2.18. The van der Waals surface area contributed by atoms with Gasteiger partial charge in [-0.2, -0.15) is 0 Å². The Bertz CT molecular complexity index is 204. The van der Waals surface area contributed by atoms with Gasteiger partial charge in [0, 0.05) is 6.42 Å². The molecule has 0 amide bonds. The Balaban J connectivity index is 3.25. The molecule has 0 atom stereocenters. The summed E-state index contributed by atoms with van der Waals surface area (Å²) in [6.45, 7) is 8.47. The number of hydrogen-bond donors (Lipinski definition) is 0. The second-order valence-corrected chi connectivity index (χ2v) is 6.16. The highest BCUT2D eigenvalue weighted by molar-refractivity contribution is 5.79. The van der Waals surface area contributed by atoms with Crippen molar-refractivity contribution in [1.29, 1.82) is 0 Å². The maximum Gasteiger partial charge on any atom is 0.158 e. The van der Waals surface area contributed by atoms with Crippen LogP contribution in [-0.4, -0.2) is 18.0 Å². The molecule has 18 heavy (non-hydrogen) atoms. The van der Waals surface area contributed by atoms with Gasteiger partial charge in [0.25, 0.3) is 0 Å². The molecule has 0 aromatic rings. The summed E-state index contributed by atoms with van der Waals surface area (Å²) in [5.41, 5.74) is -0.199. The van der Waals surface area contributed by atoms with Crippen LogP contribution in [0.5, 0.6) is 0 Å². The highest BCUT2D eigenvalue weighted by atomic mass is 16.5. The zero-order valence-corrected chi connectivity index (χ0v) is 12.9. The monoisotopic (exact) mass is 256 g/mol. The molecule has 0 aromatic carbocycles. The largest absolute Gasteiger partial charge is 0.368 e. The number of carbonyl (C=O) groups is 1. The molecule has 0 saturated carbocycles. The quantitative estimate of drug-likeness (QED) is 0.491. The van der Waals surface area contributed by atoms with E-state index in [-0.39, 0.29) is 18.0 Å². The molecule has 0 bridgehead atoms. The van der Waals surface area contributed by atoms with Crippen molar-refractivity contribution < 1.29 is 9.53 Å². The van der Waals surface area contributed by atoms with Gasteiger partial charge in [0.2, 0.25) is 0 Å². The van der Waals surface area contributed by atoms with Crippen LogP contribution in [0.25, 0.3) is 0 Å². The van der Waals surface area contributed by atoms with E-state index in [4.69, 9.17) is 4.74 Å². The van der Waals surface area contributed by atoms with Gasteiger partial charge in [-0.25, -0.2) is 0 Å². The summed E-state index contributed by atoms with van der Waals surface area (Å²) >= 11 is 0. The highest BCUT2D eigenvalue weighted by Crippen LogP contribution is 2.11. The standard InChI is InChI=1S/C16H32O2/c1-5-6-7-8-9-10-11-12-13-15(17)14-18-16(2,3)4/h5-14H2,1-4H3. The molecule has 0 aromatic heterocycles. The number of carbonyl (C=O) groups excluding carboxylic acids is 1. The van der Waals surface area contributed by atoms with Gasteiger partial charge in [-0.05, 0) is 27.2 Å². The van der Waals surface area contributed by atoms with Crippen LogP contribution < -0.4 is 0 Å². The molecule has 2 heteroatoms. The molecule has 0 N–H and O–H groups in total. The van der Waals surface area contributed by atoms with Gasteiger partial charge in [-0.3, -0.25) is 4.79 Å². The van der Waals surface area contributed by atoms with Crippen molar-refractivity contribution in [3.63, 3.8) is 0 Å². The molecule has 0 aliphatic carbocycles. The first-order valence-corrected chi connectivity index (χ1v) is 7.61. The molecular weight excluding hydrogens is 224 g/mol. The molecule has 0 radical (unpaired) electrons. The van der Waals surface area contributed by atoms with Crippen LogP contribution in [0.3, 0.4) is 0 Å². The minimum atomic E-state index is -0.199. The van der Waals surface area contributed by atoms with Gasteiger partial charge in [-0.1, -0.05) is 51.9 Å². The zero-order valence-electron chi connectivity index (χ0n) is 12.9. The fourth-order valence-corrected chi connectivity index (χ4v) is 1.83. The maximum absolute atomic E-state index is 11.5. The van der Waals surface area contributed by atoms with Gasteiger partial charge in [0.1, 0.15) is 6.61 Å². The van der Waals surface area contributed by atoms with Crippen LogP contribution in [0.1, 0.15) is 85.5 Å². The van der Waals surface area contributed by atoms with E-state index in [1.165, 1.54) is 44.9 Å². The third-order valence-electron chi connectivity index (χ3n) is 2.98. The highest BCUT2D eigenvalue weighted by Gasteiger charge is 2.12. The van der Waals surface area contributed by atoms with Crippen molar-refractivity contribution in [3.8, 4) is 0 Å². The van der Waals surface area contributed by atoms with Gasteiger partial charge >= 0.3 is 0 Å². The summed E-state index contributed by atoms with van der Waals surface area (Å²) in [5, 5.41) is 0. The minimum Gasteiger partial charge on any atom is -0.368 e. The van der Waals surface area contributed by atoms with Crippen LogP contribution in [0.4, 0.5) is 0 Å². The van der Waals surface area contributed by atoms with Crippen LogP contribution in [-0.2, 0) is 9.53 Å². The molecular formula is C16H32O2. The van der Waals surface area contributed by atoms with E-state index in [9.17, 15) is 4.79 Å². The summed E-state index contributed by atoms with van der Waals surface area (Å²) in [5.74, 6) is 0.246. The first kappa shape index (κ1) is 17.6. The maximum atomic E-state index is 11.5. The van der Waals surface area contributed by atoms with Crippen LogP contribution in [0, 0.1) is 0 Å². The van der Waals surface area contributed by atoms with Crippen LogP contribution >= 0.6 is 0 Å². The first-order valence-electron chi connectivity index (χ1n) is 7.61. The Morgan fingerprint density at radius 2 is 1.39 bits per heavy atom. The van der Waals surface area contributed by atoms with E-state index < -0.39 is 0 Å². The second kappa shape index (κ2) is 10.5. The fraction of sp³-hybridized carbons (Fsp3) is 0.938. The van der Waals surface area contributed by atoms with Gasteiger partial charge in [0.05, 0.1) is 5.60 Å². The summed E-state index contributed by atoms with van der Waals surface area (Å²) < 4.78 is 5.46. The van der Waals surface area contributed by atoms with E-state index >= 15 is 0 Å². The van der Waals surface area contributed by atoms with Crippen molar-refractivity contribution >= 4 is 5.78 Å². The number of rotatable bonds is 11. The molecule has 0 spiro atoms. The smallest absolute Gasteiger partial charge is 0.158 e. The molecule has 0 unspecified atom stereocenters. The third-order valence-corrected chi connectivity index (χ3v) is 2.98. The molecule has 2 nitrogen and oxygen atoms in total. The Morgan fingerprint density at radius 3 is 1.89 bits per heavy atom. The van der Waals surface area contributed by atoms with Crippen LogP contribution in [0.15, 0.2) is 0 Å². The summed E-state index contributed by atoms with van der Waals surface area (Å²) in [6.07, 6.45) is 10.9. The fourth-order valence-electron chi connectivity index (χ4n) is 1.83. The molecule has 108 valence electrons. The SMILES string of the molecule is CCCCCCCCCCC(=O)COC(C)(C)C. The Hall–Kier alpha value is -0.370. The second-order valence-electron chi connectivity index (χ2n) is 6.16. The summed E-state index contributed by atoms with van der Waals surface area (Å²) in [7, 11) is 0. The van der Waals surface area contributed by atoms with Crippen molar-refractivity contribution in [3.05, 3.63) is 0 Å². The van der Waals surface area contributed by atoms with E-state index in [2.05, 4.69) is 6.92 Å². The molecule has 0 saturated heterocycles. The van der Waals surface area contributed by atoms with Crippen molar-refractivity contribution in [2.24, 2.45) is 0 Å². The van der Waals surface area contributed by atoms with Crippen molar-refractivity contribution in [1.82, 2.24) is 0 Å². The number of hydrogen-bond acceptors (Lipinski definition) is 2. The Morgan fingerprint density at radius 1 is 0.889 bits per heavy atom. The van der Waals surface area contributed by atoms with Crippen molar-refractivity contribution in [2.75, 3.05) is 6.61 Å². The van der Waals surface area contributed by atoms with Crippen LogP contribution in [0.2, 0.25) is 0 Å². The number of unbranched alkanes of at least 4 members (excludes halogenated alkanes) is 7. The number of ether oxygens (including phenoxy) is 1. The molecule has 0 heterocycles. The topological polar surface area (TPSA) is 26.3 Å². The van der Waals surface area contributed by atoms with Gasteiger partial charge in [-0.15, -0.1) is 0 Å². The number of ketones is 1. The lowest BCUT2D eigenvalue weighted by atomic mass is 10.1. The summed E-state index contributed by atoms with van der Waals surface area (Å²) in [4.78, 5) is 11.5. The normalized spacial score (nSPS) is 11.8. The average Bonchev–Trinajstić information content (AvgIpc) is 2.29. The first-order chi connectivity index (χ1) is 8.45. The lowest BCUT2D eigenvalue weighted by molar-refractivity contribution is -0.128. The Kier molecular flexibility index (Phi) is 10.3. The molecule has 0 fully saturated rings. The van der Waals surface area contributed by atoms with E-state index in [1.807, 2.05) is 20.8 Å². The lowest BCUT2D eigenvalue weighted by Crippen LogP contribution is -2.23. The van der Waals surface area contributed by atoms with Gasteiger partial charge in [0.15, 0.2) is 5.78 Å². The Labute approximate surface area is 113 Å². The van der Waals surface area contributed by atoms with Crippen molar-refractivity contribution in [2.45, 2.75) is 91.1 Å². The zero-order chi connectivity index (χ0) is 13.9.